The van der Waals surface area contributed by atoms with Gasteiger partial charge in [0, 0.05) is 23.6 Å². The van der Waals surface area contributed by atoms with Gasteiger partial charge in [-0.25, -0.2) is 4.79 Å². The van der Waals surface area contributed by atoms with Gasteiger partial charge in [-0.1, -0.05) is 31.7 Å². The molecule has 1 atom stereocenters. The molecule has 134 valence electrons. The number of rotatable bonds is 6. The molecule has 0 aromatic heterocycles. The molecule has 0 spiro atoms. The smallest absolute Gasteiger partial charge is 0.332 e. The van der Waals surface area contributed by atoms with Crippen molar-refractivity contribution in [1.82, 2.24) is 5.32 Å². The summed E-state index contributed by atoms with van der Waals surface area (Å²) in [6.45, 7) is 7.73. The van der Waals surface area contributed by atoms with Crippen LogP contribution in [-0.4, -0.2) is 30.6 Å². The van der Waals surface area contributed by atoms with Crippen LogP contribution in [-0.2, 0) is 9.53 Å². The van der Waals surface area contributed by atoms with E-state index in [0.717, 1.165) is 17.9 Å². The van der Waals surface area contributed by atoms with Gasteiger partial charge in [0.2, 0.25) is 0 Å². The molecule has 0 saturated carbocycles. The Balaban J connectivity index is 2.19. The number of carbonyl (C=O) groups is 3. The molecule has 0 radical (unpaired) electrons. The number of carbonyl (C=O) groups excluding carboxylic acids is 3. The predicted molar refractivity (Wildman–Crippen MR) is 99.1 cm³/mol. The zero-order valence-corrected chi connectivity index (χ0v) is 14.7. The maximum absolute atomic E-state index is 12.6. The number of benzene rings is 2. The number of ether oxygens (including phenoxy) is 1. The number of nitrogens with zero attached hydrogens (tertiary/aromatic N) is 1. The molecular formula is C20H20N2O4. The average Bonchev–Trinajstić information content (AvgIpc) is 2.63. The third-order valence-electron chi connectivity index (χ3n) is 4.39. The Kier molecular flexibility index (Phi) is 4.75. The maximum atomic E-state index is 12.6. The molecule has 2 aromatic carbocycles. The van der Waals surface area contributed by atoms with Crippen LogP contribution in [0.5, 0.6) is 0 Å². The first kappa shape index (κ1) is 17.7. The van der Waals surface area contributed by atoms with Crippen LogP contribution in [0.2, 0.25) is 0 Å². The molecule has 6 heteroatoms. The first-order chi connectivity index (χ1) is 12.5. The van der Waals surface area contributed by atoms with Gasteiger partial charge in [0.25, 0.3) is 11.8 Å². The SMILES string of the molecule is C=CC(=O)OC(C)N(CCC)c1ccc2cccc3c2c1C(=O)NC3=O. The monoisotopic (exact) mass is 352 g/mol. The Morgan fingerprint density at radius 1 is 1.27 bits per heavy atom. The lowest BCUT2D eigenvalue weighted by Crippen LogP contribution is -2.41. The van der Waals surface area contributed by atoms with Crippen LogP contribution in [0.15, 0.2) is 43.0 Å². The molecule has 0 aliphatic carbocycles. The molecule has 2 amide bonds. The van der Waals surface area contributed by atoms with E-state index in [4.69, 9.17) is 4.74 Å². The summed E-state index contributed by atoms with van der Waals surface area (Å²) in [5.74, 6) is -1.38. The first-order valence-corrected chi connectivity index (χ1v) is 8.49. The van der Waals surface area contributed by atoms with Crippen molar-refractivity contribution in [3.05, 3.63) is 54.1 Å². The van der Waals surface area contributed by atoms with Crippen LogP contribution in [0.4, 0.5) is 5.69 Å². The zero-order valence-electron chi connectivity index (χ0n) is 14.7. The van der Waals surface area contributed by atoms with Gasteiger partial charge in [-0.3, -0.25) is 14.9 Å². The summed E-state index contributed by atoms with van der Waals surface area (Å²) in [5.41, 5.74) is 1.51. The van der Waals surface area contributed by atoms with E-state index in [0.29, 0.717) is 28.7 Å². The van der Waals surface area contributed by atoms with Crippen molar-refractivity contribution in [3.8, 4) is 0 Å². The molecule has 1 aliphatic heterocycles. The summed E-state index contributed by atoms with van der Waals surface area (Å²) < 4.78 is 5.36. The van der Waals surface area contributed by atoms with E-state index in [-0.39, 0.29) is 0 Å². The molecule has 1 aliphatic rings. The first-order valence-electron chi connectivity index (χ1n) is 8.49. The molecule has 2 aromatic rings. The number of hydrogen-bond acceptors (Lipinski definition) is 5. The van der Waals surface area contributed by atoms with E-state index in [1.54, 1.807) is 19.1 Å². The molecule has 6 nitrogen and oxygen atoms in total. The Labute approximate surface area is 151 Å². The van der Waals surface area contributed by atoms with Gasteiger partial charge in [0.05, 0.1) is 11.3 Å². The van der Waals surface area contributed by atoms with Gasteiger partial charge in [-0.2, -0.15) is 0 Å². The van der Waals surface area contributed by atoms with Gasteiger partial charge in [-0.15, -0.1) is 0 Å². The molecule has 0 fully saturated rings. The summed E-state index contributed by atoms with van der Waals surface area (Å²) >= 11 is 0. The number of esters is 1. The lowest BCUT2D eigenvalue weighted by molar-refractivity contribution is -0.142. The van der Waals surface area contributed by atoms with Crippen LogP contribution in [0, 0.1) is 0 Å². The van der Waals surface area contributed by atoms with Crippen LogP contribution in [0.3, 0.4) is 0 Å². The number of amides is 2. The van der Waals surface area contributed by atoms with Gasteiger partial charge >= 0.3 is 5.97 Å². The number of anilines is 1. The Hall–Kier alpha value is -3.15. The third-order valence-corrected chi connectivity index (χ3v) is 4.39. The summed E-state index contributed by atoms with van der Waals surface area (Å²) in [4.78, 5) is 38.3. The highest BCUT2D eigenvalue weighted by Crippen LogP contribution is 2.34. The van der Waals surface area contributed by atoms with Crippen molar-refractivity contribution in [1.29, 1.82) is 0 Å². The van der Waals surface area contributed by atoms with Crippen molar-refractivity contribution in [2.24, 2.45) is 0 Å². The van der Waals surface area contributed by atoms with Crippen LogP contribution in [0.1, 0.15) is 41.0 Å². The molecule has 1 N–H and O–H groups in total. The van der Waals surface area contributed by atoms with Crippen LogP contribution >= 0.6 is 0 Å². The van der Waals surface area contributed by atoms with Gasteiger partial charge in [0.15, 0.2) is 6.23 Å². The largest absolute Gasteiger partial charge is 0.439 e. The lowest BCUT2D eigenvalue weighted by atomic mass is 9.93. The predicted octanol–water partition coefficient (Wildman–Crippen LogP) is 3.02. The Morgan fingerprint density at radius 2 is 2.04 bits per heavy atom. The summed E-state index contributed by atoms with van der Waals surface area (Å²) in [7, 11) is 0. The molecule has 1 heterocycles. The van der Waals surface area contributed by atoms with Gasteiger partial charge in [0.1, 0.15) is 0 Å². The lowest BCUT2D eigenvalue weighted by Gasteiger charge is -2.33. The fourth-order valence-electron chi connectivity index (χ4n) is 3.28. The van der Waals surface area contributed by atoms with E-state index >= 15 is 0 Å². The Morgan fingerprint density at radius 3 is 2.73 bits per heavy atom. The highest BCUT2D eigenvalue weighted by molar-refractivity contribution is 6.27. The minimum absolute atomic E-state index is 0.404. The molecule has 1 unspecified atom stereocenters. The van der Waals surface area contributed by atoms with Crippen LogP contribution < -0.4 is 10.2 Å². The van der Waals surface area contributed by atoms with Crippen molar-refractivity contribution >= 4 is 34.2 Å². The fourth-order valence-corrected chi connectivity index (χ4v) is 3.28. The second-order valence-electron chi connectivity index (χ2n) is 6.08. The molecule has 3 rings (SSSR count). The van der Waals surface area contributed by atoms with Crippen molar-refractivity contribution in [3.63, 3.8) is 0 Å². The number of imide groups is 1. The standard InChI is InChI=1S/C20H20N2O4/c1-4-11-22(12(3)26-16(23)5-2)15-10-9-13-7-6-8-14-17(13)18(15)20(25)21-19(14)24/h5-10,12H,2,4,11H2,1,3H3,(H,21,24,25). The van der Waals surface area contributed by atoms with Gasteiger partial charge < -0.3 is 9.64 Å². The topological polar surface area (TPSA) is 75.7 Å². The van der Waals surface area contributed by atoms with Crippen molar-refractivity contribution in [2.75, 3.05) is 11.4 Å². The summed E-state index contributed by atoms with van der Waals surface area (Å²) in [5, 5.41) is 3.84. The van der Waals surface area contributed by atoms with Gasteiger partial charge in [-0.05, 0) is 30.9 Å². The van der Waals surface area contributed by atoms with E-state index in [1.165, 1.54) is 0 Å². The molecular weight excluding hydrogens is 332 g/mol. The molecule has 0 bridgehead atoms. The Bertz CT molecular complexity index is 919. The normalized spacial score (nSPS) is 13.9. The number of hydrogen-bond donors (Lipinski definition) is 1. The quantitative estimate of drug-likeness (QED) is 0.374. The van der Waals surface area contributed by atoms with E-state index in [9.17, 15) is 14.4 Å². The van der Waals surface area contributed by atoms with Crippen LogP contribution in [0.25, 0.3) is 10.8 Å². The summed E-state index contributed by atoms with van der Waals surface area (Å²) in [6.07, 6.45) is 1.30. The second kappa shape index (κ2) is 7.00. The maximum Gasteiger partial charge on any atom is 0.332 e. The van der Waals surface area contributed by atoms with E-state index in [1.807, 2.05) is 30.0 Å². The van der Waals surface area contributed by atoms with Crippen molar-refractivity contribution < 1.29 is 19.1 Å². The van der Waals surface area contributed by atoms with E-state index in [2.05, 4.69) is 11.9 Å². The minimum atomic E-state index is -0.591. The van der Waals surface area contributed by atoms with Crippen molar-refractivity contribution in [2.45, 2.75) is 26.5 Å². The fraction of sp³-hybridized carbons (Fsp3) is 0.250. The average molecular weight is 352 g/mol. The third kappa shape index (κ3) is 2.94. The zero-order chi connectivity index (χ0) is 18.8. The minimum Gasteiger partial charge on any atom is -0.439 e. The highest BCUT2D eigenvalue weighted by atomic mass is 16.6. The highest BCUT2D eigenvalue weighted by Gasteiger charge is 2.30. The molecule has 0 saturated heterocycles. The summed E-state index contributed by atoms with van der Waals surface area (Å²) in [6, 6.07) is 9.04. The second-order valence-corrected chi connectivity index (χ2v) is 6.08. The number of nitrogens with one attached hydrogen (secondary N) is 1. The molecule has 26 heavy (non-hydrogen) atoms. The van der Waals surface area contributed by atoms with E-state index < -0.39 is 24.0 Å².